The fourth-order valence-corrected chi connectivity index (χ4v) is 3.02. The number of hydrogen-bond acceptors (Lipinski definition) is 3. The van der Waals surface area contributed by atoms with Crippen LogP contribution < -0.4 is 10.1 Å². The highest BCUT2D eigenvalue weighted by Crippen LogP contribution is 2.14. The van der Waals surface area contributed by atoms with Crippen LogP contribution in [0, 0.1) is 5.92 Å². The van der Waals surface area contributed by atoms with E-state index >= 15 is 0 Å². The van der Waals surface area contributed by atoms with Crippen molar-refractivity contribution in [1.29, 1.82) is 0 Å². The number of carbonyl (C=O) groups is 1. The molecular formula is C18H29N3O2. The molecule has 1 unspecified atom stereocenters. The van der Waals surface area contributed by atoms with Crippen LogP contribution in [0.1, 0.15) is 25.3 Å². The van der Waals surface area contributed by atoms with Gasteiger partial charge in [0, 0.05) is 33.2 Å². The minimum atomic E-state index is -0.0223. The molecule has 1 fully saturated rings. The molecule has 0 aliphatic carbocycles. The summed E-state index contributed by atoms with van der Waals surface area (Å²) in [5.41, 5.74) is 1.09. The average Bonchev–Trinajstić information content (AvgIpc) is 2.55. The van der Waals surface area contributed by atoms with Crippen molar-refractivity contribution in [1.82, 2.24) is 15.1 Å². The van der Waals surface area contributed by atoms with E-state index in [1.807, 2.05) is 31.3 Å². The first-order valence-electron chi connectivity index (χ1n) is 8.42. The van der Waals surface area contributed by atoms with E-state index in [2.05, 4.69) is 17.1 Å². The molecular weight excluding hydrogens is 290 g/mol. The van der Waals surface area contributed by atoms with Crippen molar-refractivity contribution in [2.45, 2.75) is 26.3 Å². The minimum Gasteiger partial charge on any atom is -0.497 e. The SMILES string of the molecule is COc1ccc(CN(C)C(=O)NCCN2CCCC(C)C2)cc1. The van der Waals surface area contributed by atoms with Crippen LogP contribution in [0.4, 0.5) is 4.79 Å². The maximum Gasteiger partial charge on any atom is 0.317 e. The molecule has 1 heterocycles. The molecule has 1 aromatic rings. The highest BCUT2D eigenvalue weighted by Gasteiger charge is 2.16. The van der Waals surface area contributed by atoms with Crippen molar-refractivity contribution in [3.63, 3.8) is 0 Å². The van der Waals surface area contributed by atoms with E-state index in [-0.39, 0.29) is 6.03 Å². The lowest BCUT2D eigenvalue weighted by Crippen LogP contribution is -2.43. The summed E-state index contributed by atoms with van der Waals surface area (Å²) in [7, 11) is 3.47. The molecule has 1 saturated heterocycles. The fourth-order valence-electron chi connectivity index (χ4n) is 3.02. The number of ether oxygens (including phenoxy) is 1. The zero-order valence-electron chi connectivity index (χ0n) is 14.5. The molecule has 0 radical (unpaired) electrons. The highest BCUT2D eigenvalue weighted by molar-refractivity contribution is 5.73. The van der Waals surface area contributed by atoms with Crippen molar-refractivity contribution in [2.75, 3.05) is 40.3 Å². The third-order valence-corrected chi connectivity index (χ3v) is 4.37. The van der Waals surface area contributed by atoms with Crippen LogP contribution in [-0.2, 0) is 6.54 Å². The number of piperidine rings is 1. The summed E-state index contributed by atoms with van der Waals surface area (Å²) in [4.78, 5) is 16.3. The van der Waals surface area contributed by atoms with Crippen molar-refractivity contribution >= 4 is 6.03 Å². The topological polar surface area (TPSA) is 44.8 Å². The smallest absolute Gasteiger partial charge is 0.317 e. The molecule has 23 heavy (non-hydrogen) atoms. The first-order chi connectivity index (χ1) is 11.1. The quantitative estimate of drug-likeness (QED) is 0.876. The van der Waals surface area contributed by atoms with Crippen molar-refractivity contribution in [3.8, 4) is 5.75 Å². The molecule has 128 valence electrons. The van der Waals surface area contributed by atoms with E-state index in [1.165, 1.54) is 12.8 Å². The lowest BCUT2D eigenvalue weighted by molar-refractivity contribution is 0.178. The van der Waals surface area contributed by atoms with E-state index < -0.39 is 0 Å². The number of nitrogens with one attached hydrogen (secondary N) is 1. The standard InChI is InChI=1S/C18H29N3O2/c1-15-5-4-11-21(13-15)12-10-19-18(22)20(2)14-16-6-8-17(23-3)9-7-16/h6-9,15H,4-5,10-14H2,1-3H3,(H,19,22). The van der Waals surface area contributed by atoms with Gasteiger partial charge in [0.2, 0.25) is 0 Å². The van der Waals surface area contributed by atoms with E-state index in [9.17, 15) is 4.79 Å². The Labute approximate surface area is 139 Å². The van der Waals surface area contributed by atoms with Crippen molar-refractivity contribution in [2.24, 2.45) is 5.92 Å². The number of urea groups is 1. The van der Waals surface area contributed by atoms with E-state index in [0.29, 0.717) is 13.1 Å². The summed E-state index contributed by atoms with van der Waals surface area (Å²) in [6.45, 7) is 6.84. The zero-order chi connectivity index (χ0) is 16.7. The Morgan fingerprint density at radius 3 is 2.78 bits per heavy atom. The number of hydrogen-bond donors (Lipinski definition) is 1. The predicted molar refractivity (Wildman–Crippen MR) is 92.7 cm³/mol. The molecule has 0 aromatic heterocycles. The molecule has 0 spiro atoms. The molecule has 0 bridgehead atoms. The first-order valence-corrected chi connectivity index (χ1v) is 8.42. The minimum absolute atomic E-state index is 0.0223. The number of amides is 2. The highest BCUT2D eigenvalue weighted by atomic mass is 16.5. The number of rotatable bonds is 6. The Bertz CT molecular complexity index is 490. The van der Waals surface area contributed by atoms with E-state index in [1.54, 1.807) is 12.0 Å². The summed E-state index contributed by atoms with van der Waals surface area (Å²) in [6.07, 6.45) is 2.60. The Kier molecular flexibility index (Phi) is 6.71. The van der Waals surface area contributed by atoms with E-state index in [4.69, 9.17) is 4.74 Å². The largest absolute Gasteiger partial charge is 0.497 e. The fraction of sp³-hybridized carbons (Fsp3) is 0.611. The molecule has 1 atom stereocenters. The molecule has 5 heteroatoms. The average molecular weight is 319 g/mol. The summed E-state index contributed by atoms with van der Waals surface area (Å²) >= 11 is 0. The van der Waals surface area contributed by atoms with Gasteiger partial charge in [0.05, 0.1) is 7.11 Å². The van der Waals surface area contributed by atoms with Crippen LogP contribution in [0.3, 0.4) is 0 Å². The molecule has 1 aliphatic heterocycles. The van der Waals surface area contributed by atoms with Crippen molar-refractivity contribution < 1.29 is 9.53 Å². The number of nitrogens with zero attached hydrogens (tertiary/aromatic N) is 2. The monoisotopic (exact) mass is 319 g/mol. The van der Waals surface area contributed by atoms with Crippen LogP contribution >= 0.6 is 0 Å². The van der Waals surface area contributed by atoms with E-state index in [0.717, 1.165) is 36.9 Å². The number of likely N-dealkylation sites (tertiary alicyclic amines) is 1. The van der Waals surface area contributed by atoms with Gasteiger partial charge in [0.15, 0.2) is 0 Å². The molecule has 0 saturated carbocycles. The second-order valence-corrected chi connectivity index (χ2v) is 6.48. The van der Waals surface area contributed by atoms with Gasteiger partial charge in [0.1, 0.15) is 5.75 Å². The predicted octanol–water partition coefficient (Wildman–Crippen LogP) is 2.57. The van der Waals surface area contributed by atoms with Gasteiger partial charge in [-0.1, -0.05) is 19.1 Å². The lowest BCUT2D eigenvalue weighted by atomic mass is 10.0. The van der Waals surface area contributed by atoms with Gasteiger partial charge in [-0.25, -0.2) is 4.79 Å². The van der Waals surface area contributed by atoms with Gasteiger partial charge < -0.3 is 19.9 Å². The molecule has 2 amide bonds. The zero-order valence-corrected chi connectivity index (χ0v) is 14.5. The van der Waals surface area contributed by atoms with Crippen LogP contribution in [0.5, 0.6) is 5.75 Å². The summed E-state index contributed by atoms with van der Waals surface area (Å²) in [6, 6.07) is 7.78. The van der Waals surface area contributed by atoms with Gasteiger partial charge in [-0.05, 0) is 43.0 Å². The van der Waals surface area contributed by atoms with Gasteiger partial charge in [-0.15, -0.1) is 0 Å². The Morgan fingerprint density at radius 1 is 1.39 bits per heavy atom. The number of benzene rings is 1. The lowest BCUT2D eigenvalue weighted by Gasteiger charge is -2.31. The second kappa shape index (κ2) is 8.77. The Balaban J connectivity index is 1.69. The Morgan fingerprint density at radius 2 is 2.13 bits per heavy atom. The maximum atomic E-state index is 12.1. The van der Waals surface area contributed by atoms with Gasteiger partial charge in [0.25, 0.3) is 0 Å². The third-order valence-electron chi connectivity index (χ3n) is 4.37. The second-order valence-electron chi connectivity index (χ2n) is 6.48. The summed E-state index contributed by atoms with van der Waals surface area (Å²) in [5.74, 6) is 1.61. The van der Waals surface area contributed by atoms with Crippen LogP contribution in [0.25, 0.3) is 0 Å². The van der Waals surface area contributed by atoms with Gasteiger partial charge in [-0.3, -0.25) is 0 Å². The Hall–Kier alpha value is -1.75. The van der Waals surface area contributed by atoms with Gasteiger partial charge in [-0.2, -0.15) is 0 Å². The first kappa shape index (κ1) is 17.6. The summed E-state index contributed by atoms with van der Waals surface area (Å²) < 4.78 is 5.14. The normalized spacial score (nSPS) is 18.5. The summed E-state index contributed by atoms with van der Waals surface area (Å²) in [5, 5.41) is 3.01. The van der Waals surface area contributed by atoms with Crippen LogP contribution in [0.15, 0.2) is 24.3 Å². The molecule has 2 rings (SSSR count). The van der Waals surface area contributed by atoms with Crippen molar-refractivity contribution in [3.05, 3.63) is 29.8 Å². The van der Waals surface area contributed by atoms with Crippen LogP contribution in [-0.4, -0.2) is 56.2 Å². The number of methoxy groups -OCH3 is 1. The molecule has 1 aliphatic rings. The molecule has 1 aromatic carbocycles. The third kappa shape index (κ3) is 5.75. The van der Waals surface area contributed by atoms with Crippen LogP contribution in [0.2, 0.25) is 0 Å². The van der Waals surface area contributed by atoms with Gasteiger partial charge >= 0.3 is 6.03 Å². The molecule has 1 N–H and O–H groups in total. The maximum absolute atomic E-state index is 12.1. The molecule has 5 nitrogen and oxygen atoms in total. The number of carbonyl (C=O) groups excluding carboxylic acids is 1.